The number of amides is 1. The van der Waals surface area contributed by atoms with Crippen molar-refractivity contribution in [1.82, 2.24) is 3.26 Å². The van der Waals surface area contributed by atoms with E-state index >= 15 is 0 Å². The molecule has 0 aromatic heterocycles. The van der Waals surface area contributed by atoms with Crippen molar-refractivity contribution < 1.29 is 50.8 Å². The summed E-state index contributed by atoms with van der Waals surface area (Å²) in [7, 11) is 0. The number of halogens is 2. The minimum atomic E-state index is -1.98. The van der Waals surface area contributed by atoms with Gasteiger partial charge in [-0.1, -0.05) is 0 Å². The van der Waals surface area contributed by atoms with Crippen LogP contribution in [0.4, 0.5) is 0 Å². The normalized spacial score (nSPS) is 13.0. The average Bonchev–Trinajstić information content (AvgIpc) is 2.90. The van der Waals surface area contributed by atoms with Gasteiger partial charge in [-0.3, -0.25) is 0 Å². The van der Waals surface area contributed by atoms with Crippen LogP contribution >= 0.6 is 0 Å². The summed E-state index contributed by atoms with van der Waals surface area (Å²) in [5.74, 6) is -0.290. The molecule has 24 heavy (non-hydrogen) atoms. The average molecular weight is 463 g/mol. The second kappa shape index (κ2) is 10.8. The molecule has 0 aliphatic heterocycles. The van der Waals surface area contributed by atoms with Crippen LogP contribution in [-0.4, -0.2) is 11.8 Å². The predicted molar refractivity (Wildman–Crippen MR) is 93.3 cm³/mol. The Morgan fingerprint density at radius 1 is 1.21 bits per heavy atom. The summed E-state index contributed by atoms with van der Waals surface area (Å²) in [6.07, 6.45) is 5.69. The summed E-state index contributed by atoms with van der Waals surface area (Å²) in [6, 6.07) is 8.04. The molecule has 1 aromatic carbocycles. The molecule has 1 N–H and O–H groups in total. The Bertz CT molecular complexity index is 629. The molecule has 0 unspecified atom stereocenters. The van der Waals surface area contributed by atoms with E-state index in [1.165, 1.54) is 5.57 Å². The van der Waals surface area contributed by atoms with Gasteiger partial charge in [-0.05, 0) is 0 Å². The summed E-state index contributed by atoms with van der Waals surface area (Å²) in [6.45, 7) is 11.2. The second-order valence-corrected chi connectivity index (χ2v) is 25.1. The Balaban J connectivity index is 0.00000264. The molecule has 1 aliphatic rings. The fourth-order valence-corrected chi connectivity index (χ4v) is 16.5. The minimum absolute atomic E-state index is 0. The molecule has 6 heteroatoms. The first-order valence-electron chi connectivity index (χ1n) is 8.05. The molecule has 1 aromatic rings. The van der Waals surface area contributed by atoms with Crippen molar-refractivity contribution in [3.8, 4) is 0 Å². The Kier molecular flexibility index (Phi) is 10.7. The number of carbonyl (C=O) groups excluding carboxylic acids is 1. The summed E-state index contributed by atoms with van der Waals surface area (Å²) in [5, 5.41) is 0. The topological polar surface area (TPSA) is 29.1 Å². The van der Waals surface area contributed by atoms with Crippen LogP contribution in [0, 0.1) is 0 Å². The standard InChI is InChI=1S/C10H13NO.C6H7.C2H7Si.2ClH.Zr/c1-7(2)8-5-3-4-6-9(8)10(11)12;1-6-4-2-3-5-6;1-3-2;;;/h3-7H,1-2H3,(H2,11,12);4-5H,2H2,1H3;3H,1-2H3;2*1H;/q;;;;;+3/p-3. The molecular weight excluding hydrogens is 436 g/mol. The SMILES string of the molecule is CC1=CC[C]([Zr+2]([NH]C(=O)c2ccccc2C(C)C)[SiH](C)C)=C1.[Cl-].[Cl-]. The van der Waals surface area contributed by atoms with Gasteiger partial charge in [-0.15, -0.1) is 0 Å². The Morgan fingerprint density at radius 3 is 2.33 bits per heavy atom. The van der Waals surface area contributed by atoms with E-state index in [9.17, 15) is 4.79 Å². The van der Waals surface area contributed by atoms with E-state index in [1.54, 1.807) is 3.28 Å². The molecule has 0 saturated heterocycles. The first-order chi connectivity index (χ1) is 10.4. The Morgan fingerprint density at radius 2 is 1.83 bits per heavy atom. The van der Waals surface area contributed by atoms with Gasteiger partial charge in [0.2, 0.25) is 0 Å². The van der Waals surface area contributed by atoms with E-state index in [1.807, 2.05) is 18.2 Å². The third kappa shape index (κ3) is 5.98. The maximum atomic E-state index is 12.8. The van der Waals surface area contributed by atoms with Crippen molar-refractivity contribution in [2.24, 2.45) is 0 Å². The van der Waals surface area contributed by atoms with Gasteiger partial charge in [0, 0.05) is 0 Å². The van der Waals surface area contributed by atoms with Gasteiger partial charge in [0.25, 0.3) is 0 Å². The molecule has 0 radical (unpaired) electrons. The molecule has 1 aliphatic carbocycles. The number of carbonyl (C=O) groups is 1. The Hall–Kier alpha value is -0.150. The molecule has 2 nitrogen and oxygen atoms in total. The minimum Gasteiger partial charge on any atom is -1.00 e. The van der Waals surface area contributed by atoms with Gasteiger partial charge in [0.1, 0.15) is 0 Å². The van der Waals surface area contributed by atoms with Crippen molar-refractivity contribution in [2.45, 2.75) is 46.2 Å². The quantitative estimate of drug-likeness (QED) is 0.520. The number of benzene rings is 1. The van der Waals surface area contributed by atoms with Crippen LogP contribution in [0.1, 0.15) is 49.0 Å². The molecular formula is C18H26Cl2NOSiZr. The van der Waals surface area contributed by atoms with Crippen molar-refractivity contribution in [2.75, 3.05) is 0 Å². The number of nitrogens with one attached hydrogen (secondary N) is 1. The van der Waals surface area contributed by atoms with Gasteiger partial charge in [0.05, 0.1) is 0 Å². The summed E-state index contributed by atoms with van der Waals surface area (Å²) in [4.78, 5) is 12.8. The predicted octanol–water partition coefficient (Wildman–Crippen LogP) is -1.70. The van der Waals surface area contributed by atoms with Crippen LogP contribution in [0.5, 0.6) is 0 Å². The molecule has 1 amide bonds. The first kappa shape index (κ1) is 23.9. The van der Waals surface area contributed by atoms with Crippen LogP contribution in [0.15, 0.2) is 45.3 Å². The van der Waals surface area contributed by atoms with E-state index in [0.29, 0.717) is 5.92 Å². The van der Waals surface area contributed by atoms with E-state index in [-0.39, 0.29) is 30.7 Å². The largest absolute Gasteiger partial charge is 1.00 e. The number of rotatable bonds is 5. The smallest absolute Gasteiger partial charge is 1.00 e. The van der Waals surface area contributed by atoms with Crippen LogP contribution < -0.4 is 28.1 Å². The van der Waals surface area contributed by atoms with Gasteiger partial charge < -0.3 is 24.8 Å². The van der Waals surface area contributed by atoms with Crippen molar-refractivity contribution in [1.29, 1.82) is 0 Å². The molecule has 0 atom stereocenters. The fraction of sp³-hybridized carbons (Fsp3) is 0.389. The zero-order valence-electron chi connectivity index (χ0n) is 15.0. The van der Waals surface area contributed by atoms with E-state index in [0.717, 1.165) is 17.5 Å². The van der Waals surface area contributed by atoms with Gasteiger partial charge in [0.15, 0.2) is 0 Å². The number of hydrogen-bond acceptors (Lipinski definition) is 1. The molecule has 0 saturated carbocycles. The summed E-state index contributed by atoms with van der Waals surface area (Å²) >= 11 is -1.98. The number of allylic oxidation sites excluding steroid dienone is 4. The maximum absolute atomic E-state index is 12.8. The third-order valence-corrected chi connectivity index (χ3v) is 20.5. The van der Waals surface area contributed by atoms with Crippen molar-refractivity contribution >= 4 is 11.8 Å². The van der Waals surface area contributed by atoms with Gasteiger partial charge in [-0.25, -0.2) is 0 Å². The molecule has 131 valence electrons. The van der Waals surface area contributed by atoms with Crippen LogP contribution in [0.3, 0.4) is 0 Å². The van der Waals surface area contributed by atoms with Crippen LogP contribution in [-0.2, 0) is 21.2 Å². The van der Waals surface area contributed by atoms with Gasteiger partial charge >= 0.3 is 144 Å². The number of hydrogen-bond donors (Lipinski definition) is 1. The second-order valence-electron chi connectivity index (χ2n) is 6.59. The summed E-state index contributed by atoms with van der Waals surface area (Å²) in [5.41, 5.74) is 3.39. The summed E-state index contributed by atoms with van der Waals surface area (Å²) < 4.78 is 5.07. The van der Waals surface area contributed by atoms with E-state index in [4.69, 9.17) is 0 Å². The molecule has 0 heterocycles. The van der Waals surface area contributed by atoms with E-state index in [2.05, 4.69) is 55.3 Å². The molecule has 0 bridgehead atoms. The monoisotopic (exact) mass is 460 g/mol. The van der Waals surface area contributed by atoms with Crippen LogP contribution in [0.25, 0.3) is 0 Å². The molecule has 2 rings (SSSR count). The third-order valence-electron chi connectivity index (χ3n) is 4.04. The molecule has 0 fully saturated rings. The van der Waals surface area contributed by atoms with Crippen molar-refractivity contribution in [3.63, 3.8) is 0 Å². The molecule has 0 spiro atoms. The maximum Gasteiger partial charge on any atom is -1.00 e. The van der Waals surface area contributed by atoms with Crippen LogP contribution in [0.2, 0.25) is 13.1 Å². The van der Waals surface area contributed by atoms with E-state index < -0.39 is 27.1 Å². The fourth-order valence-electron chi connectivity index (χ4n) is 2.84. The Labute approximate surface area is 167 Å². The zero-order valence-corrected chi connectivity index (χ0v) is 20.1. The van der Waals surface area contributed by atoms with Crippen molar-refractivity contribution in [3.05, 3.63) is 56.4 Å². The van der Waals surface area contributed by atoms with Gasteiger partial charge in [-0.2, -0.15) is 0 Å². The first-order valence-corrected chi connectivity index (χ1v) is 17.6. The zero-order chi connectivity index (χ0) is 16.3.